The van der Waals surface area contributed by atoms with Crippen LogP contribution in [0.4, 0.5) is 0 Å². The predicted molar refractivity (Wildman–Crippen MR) is 94.2 cm³/mol. The van der Waals surface area contributed by atoms with Gasteiger partial charge in [0.2, 0.25) is 10.0 Å². The lowest BCUT2D eigenvalue weighted by molar-refractivity contribution is 0.0923. The van der Waals surface area contributed by atoms with Gasteiger partial charge in [0.1, 0.15) is 5.56 Å². The van der Waals surface area contributed by atoms with Gasteiger partial charge >= 0.3 is 0 Å². The van der Waals surface area contributed by atoms with Gasteiger partial charge in [-0.2, -0.15) is 0 Å². The molecule has 0 bridgehead atoms. The van der Waals surface area contributed by atoms with E-state index in [4.69, 9.17) is 4.74 Å². The highest BCUT2D eigenvalue weighted by Crippen LogP contribution is 2.18. The maximum Gasteiger partial charge on any atom is 0.263 e. The van der Waals surface area contributed by atoms with E-state index in [1.54, 1.807) is 27.0 Å². The van der Waals surface area contributed by atoms with E-state index in [0.29, 0.717) is 5.56 Å². The van der Waals surface area contributed by atoms with Gasteiger partial charge < -0.3 is 14.6 Å². The zero-order valence-corrected chi connectivity index (χ0v) is 16.0. The van der Waals surface area contributed by atoms with Crippen molar-refractivity contribution in [1.29, 1.82) is 0 Å². The number of ether oxygens (including phenoxy) is 1. The lowest BCUT2D eigenvalue weighted by Crippen LogP contribution is -2.45. The first kappa shape index (κ1) is 19.6. The summed E-state index contributed by atoms with van der Waals surface area (Å²) >= 11 is 0. The number of rotatable bonds is 5. The van der Waals surface area contributed by atoms with Crippen LogP contribution in [0.1, 0.15) is 21.6 Å². The summed E-state index contributed by atoms with van der Waals surface area (Å²) in [4.78, 5) is 25.0. The molecule has 0 saturated carbocycles. The lowest BCUT2D eigenvalue weighted by Gasteiger charge is -2.21. The van der Waals surface area contributed by atoms with E-state index in [9.17, 15) is 18.0 Å². The van der Waals surface area contributed by atoms with Gasteiger partial charge in [-0.1, -0.05) is 0 Å². The Morgan fingerprint density at radius 2 is 2.00 bits per heavy atom. The Kier molecular flexibility index (Phi) is 5.70. The van der Waals surface area contributed by atoms with Crippen molar-refractivity contribution < 1.29 is 17.9 Å². The number of carbonyl (C=O) groups is 1. The van der Waals surface area contributed by atoms with Crippen LogP contribution in [0.25, 0.3) is 0 Å². The quantitative estimate of drug-likeness (QED) is 0.762. The molecule has 2 atom stereocenters. The van der Waals surface area contributed by atoms with Crippen LogP contribution < -0.4 is 10.9 Å². The van der Waals surface area contributed by atoms with Gasteiger partial charge in [0.15, 0.2) is 0 Å². The Labute approximate surface area is 147 Å². The van der Waals surface area contributed by atoms with Gasteiger partial charge in [-0.15, -0.1) is 0 Å². The maximum absolute atomic E-state index is 12.6. The summed E-state index contributed by atoms with van der Waals surface area (Å²) in [5.41, 5.74) is 1.06. The van der Waals surface area contributed by atoms with Crippen molar-refractivity contribution >= 4 is 15.9 Å². The van der Waals surface area contributed by atoms with Crippen LogP contribution >= 0.6 is 0 Å². The Morgan fingerprint density at radius 3 is 2.60 bits per heavy atom. The minimum Gasteiger partial charge on any atom is -0.379 e. The molecule has 8 nitrogen and oxygen atoms in total. The smallest absolute Gasteiger partial charge is 0.263 e. The number of amides is 1. The first-order chi connectivity index (χ1) is 11.5. The normalized spacial score (nSPS) is 20.9. The van der Waals surface area contributed by atoms with E-state index < -0.39 is 22.0 Å². The second-order valence-electron chi connectivity index (χ2n) is 6.65. The SMILES string of the molecule is Cc1cc(C)n(C)c(=O)c1C(=O)N[C@@H]1COC[C@H]1CS(=O)(=O)N(C)C. The van der Waals surface area contributed by atoms with Gasteiger partial charge in [0.25, 0.3) is 11.5 Å². The fourth-order valence-electron chi connectivity index (χ4n) is 2.84. The van der Waals surface area contributed by atoms with Gasteiger partial charge in [0.05, 0.1) is 25.0 Å². The third kappa shape index (κ3) is 4.10. The molecular weight excluding hydrogens is 346 g/mol. The number of hydrogen-bond donors (Lipinski definition) is 1. The second kappa shape index (κ2) is 7.27. The molecule has 0 unspecified atom stereocenters. The average Bonchev–Trinajstić information content (AvgIpc) is 2.91. The van der Waals surface area contributed by atoms with E-state index in [0.717, 1.165) is 10.00 Å². The minimum absolute atomic E-state index is 0.0780. The number of nitrogens with one attached hydrogen (secondary N) is 1. The van der Waals surface area contributed by atoms with E-state index in [2.05, 4.69) is 5.32 Å². The number of aryl methyl sites for hydroxylation is 2. The molecule has 0 spiro atoms. The van der Waals surface area contributed by atoms with Gasteiger partial charge in [-0.05, 0) is 25.5 Å². The van der Waals surface area contributed by atoms with Crippen molar-refractivity contribution in [2.24, 2.45) is 13.0 Å². The first-order valence-corrected chi connectivity index (χ1v) is 9.61. The molecule has 0 aliphatic carbocycles. The topological polar surface area (TPSA) is 97.7 Å². The van der Waals surface area contributed by atoms with Crippen LogP contribution in [0.15, 0.2) is 10.9 Å². The molecule has 1 aliphatic heterocycles. The number of pyridine rings is 1. The molecule has 1 fully saturated rings. The summed E-state index contributed by atoms with van der Waals surface area (Å²) in [6.07, 6.45) is 0. The number of sulfonamides is 1. The average molecular weight is 371 g/mol. The summed E-state index contributed by atoms with van der Waals surface area (Å²) < 4.78 is 32.1. The van der Waals surface area contributed by atoms with Crippen LogP contribution in [-0.4, -0.2) is 62.3 Å². The molecule has 2 heterocycles. The fraction of sp³-hybridized carbons (Fsp3) is 0.625. The van der Waals surface area contributed by atoms with Crippen LogP contribution in [0, 0.1) is 19.8 Å². The van der Waals surface area contributed by atoms with E-state index in [1.807, 2.05) is 0 Å². The molecule has 0 aromatic carbocycles. The zero-order chi connectivity index (χ0) is 18.9. The molecular formula is C16H25N3O5S. The third-order valence-electron chi connectivity index (χ3n) is 4.59. The number of carbonyl (C=O) groups excluding carboxylic acids is 1. The van der Waals surface area contributed by atoms with Gasteiger partial charge in [0, 0.05) is 32.8 Å². The summed E-state index contributed by atoms with van der Waals surface area (Å²) in [5.74, 6) is -0.970. The van der Waals surface area contributed by atoms with Gasteiger partial charge in [-0.3, -0.25) is 9.59 Å². The standard InChI is InChI=1S/C16H25N3O5S/c1-10-6-11(2)19(5)16(21)14(10)15(20)17-13-8-24-7-12(13)9-25(22,23)18(3)4/h6,12-13H,7-9H2,1-5H3,(H,17,20)/t12-,13+/m0/s1. The molecule has 1 aromatic rings. The first-order valence-electron chi connectivity index (χ1n) is 8.00. The van der Waals surface area contributed by atoms with E-state index in [1.165, 1.54) is 18.7 Å². The Morgan fingerprint density at radius 1 is 1.36 bits per heavy atom. The molecule has 0 radical (unpaired) electrons. The van der Waals surface area contributed by atoms with Gasteiger partial charge in [-0.25, -0.2) is 12.7 Å². The Bertz CT molecular complexity index is 829. The molecule has 1 N–H and O–H groups in total. The van der Waals surface area contributed by atoms with Crippen LogP contribution in [-0.2, 0) is 21.8 Å². The Hall–Kier alpha value is -1.71. The molecule has 1 aromatic heterocycles. The molecule has 140 valence electrons. The van der Waals surface area contributed by atoms with E-state index in [-0.39, 0.29) is 36.0 Å². The molecule has 1 aliphatic rings. The van der Waals surface area contributed by atoms with Crippen LogP contribution in [0.2, 0.25) is 0 Å². The highest BCUT2D eigenvalue weighted by atomic mass is 32.2. The zero-order valence-electron chi connectivity index (χ0n) is 15.2. The van der Waals surface area contributed by atoms with Crippen molar-refractivity contribution in [3.63, 3.8) is 0 Å². The van der Waals surface area contributed by atoms with Crippen LogP contribution in [0.3, 0.4) is 0 Å². The summed E-state index contributed by atoms with van der Waals surface area (Å²) in [6, 6.07) is 1.32. The largest absolute Gasteiger partial charge is 0.379 e. The lowest BCUT2D eigenvalue weighted by atomic mass is 10.0. The summed E-state index contributed by atoms with van der Waals surface area (Å²) in [5, 5.41) is 2.77. The molecule has 9 heteroatoms. The van der Waals surface area contributed by atoms with Crippen molar-refractivity contribution in [2.75, 3.05) is 33.1 Å². The Balaban J connectivity index is 2.21. The van der Waals surface area contributed by atoms with Crippen molar-refractivity contribution in [3.8, 4) is 0 Å². The summed E-state index contributed by atoms with van der Waals surface area (Å²) in [6.45, 7) is 3.99. The highest BCUT2D eigenvalue weighted by molar-refractivity contribution is 7.89. The summed E-state index contributed by atoms with van der Waals surface area (Å²) in [7, 11) is 1.14. The van der Waals surface area contributed by atoms with Crippen molar-refractivity contribution in [1.82, 2.24) is 14.2 Å². The fourth-order valence-corrected chi connectivity index (χ4v) is 4.01. The van der Waals surface area contributed by atoms with Crippen molar-refractivity contribution in [3.05, 3.63) is 33.2 Å². The molecule has 1 amide bonds. The molecule has 1 saturated heterocycles. The minimum atomic E-state index is -3.41. The second-order valence-corrected chi connectivity index (χ2v) is 8.87. The van der Waals surface area contributed by atoms with Crippen LogP contribution in [0.5, 0.6) is 0 Å². The third-order valence-corrected chi connectivity index (χ3v) is 6.55. The van der Waals surface area contributed by atoms with E-state index >= 15 is 0 Å². The number of aromatic nitrogens is 1. The predicted octanol–water partition coefficient (Wildman–Crippen LogP) is -0.362. The molecule has 25 heavy (non-hydrogen) atoms. The van der Waals surface area contributed by atoms with Crippen molar-refractivity contribution in [2.45, 2.75) is 19.9 Å². The number of hydrogen-bond acceptors (Lipinski definition) is 5. The highest BCUT2D eigenvalue weighted by Gasteiger charge is 2.34. The number of nitrogens with zero attached hydrogens (tertiary/aromatic N) is 2. The monoisotopic (exact) mass is 371 g/mol. The molecule has 2 rings (SSSR count). The maximum atomic E-state index is 12.6.